The van der Waals surface area contributed by atoms with Gasteiger partial charge in [0.1, 0.15) is 0 Å². The molecule has 1 aromatic rings. The van der Waals surface area contributed by atoms with Gasteiger partial charge in [-0.3, -0.25) is 14.4 Å². The van der Waals surface area contributed by atoms with Gasteiger partial charge in [-0.25, -0.2) is 4.79 Å². The SMILES string of the molecule is CCOC(=O)c1c(C)[nH]c(C(=O)COC(=O)[C@@H]2CC(=O)N(C3CCCC3)C2)c1C. The van der Waals surface area contributed by atoms with E-state index in [1.165, 1.54) is 0 Å². The van der Waals surface area contributed by atoms with Gasteiger partial charge < -0.3 is 19.4 Å². The topological polar surface area (TPSA) is 106 Å². The maximum atomic E-state index is 12.5. The van der Waals surface area contributed by atoms with E-state index in [1.807, 2.05) is 0 Å². The number of rotatable bonds is 7. The van der Waals surface area contributed by atoms with Crippen LogP contribution in [0.2, 0.25) is 0 Å². The fourth-order valence-corrected chi connectivity index (χ4v) is 4.32. The summed E-state index contributed by atoms with van der Waals surface area (Å²) >= 11 is 0. The van der Waals surface area contributed by atoms with Crippen LogP contribution in [-0.4, -0.2) is 59.3 Å². The summed E-state index contributed by atoms with van der Waals surface area (Å²) in [6, 6.07) is 0.229. The maximum absolute atomic E-state index is 12.5. The molecule has 0 unspecified atom stereocenters. The molecule has 0 radical (unpaired) electrons. The Morgan fingerprint density at radius 1 is 1.14 bits per heavy atom. The van der Waals surface area contributed by atoms with Gasteiger partial charge in [0.05, 0.1) is 23.8 Å². The summed E-state index contributed by atoms with van der Waals surface area (Å²) in [5, 5.41) is 0. The van der Waals surface area contributed by atoms with Crippen LogP contribution in [0.25, 0.3) is 0 Å². The lowest BCUT2D eigenvalue weighted by Crippen LogP contribution is -2.35. The van der Waals surface area contributed by atoms with Crippen LogP contribution in [0.4, 0.5) is 0 Å². The molecule has 1 aromatic heterocycles. The van der Waals surface area contributed by atoms with Gasteiger partial charge in [-0.15, -0.1) is 0 Å². The summed E-state index contributed by atoms with van der Waals surface area (Å²) < 4.78 is 10.2. The van der Waals surface area contributed by atoms with Crippen LogP contribution < -0.4 is 0 Å². The first kappa shape index (κ1) is 21.1. The minimum atomic E-state index is -0.530. The zero-order valence-electron chi connectivity index (χ0n) is 17.2. The van der Waals surface area contributed by atoms with Crippen molar-refractivity contribution < 1.29 is 28.7 Å². The third kappa shape index (κ3) is 4.36. The van der Waals surface area contributed by atoms with Gasteiger partial charge in [-0.05, 0) is 39.2 Å². The second kappa shape index (κ2) is 8.80. The van der Waals surface area contributed by atoms with E-state index in [-0.39, 0.29) is 30.7 Å². The number of ketones is 1. The van der Waals surface area contributed by atoms with Crippen LogP contribution in [-0.2, 0) is 19.1 Å². The molecule has 1 atom stereocenters. The van der Waals surface area contributed by atoms with Crippen LogP contribution >= 0.6 is 0 Å². The summed E-state index contributed by atoms with van der Waals surface area (Å²) in [5.74, 6) is -1.99. The van der Waals surface area contributed by atoms with E-state index in [2.05, 4.69) is 4.98 Å². The molecule has 1 aliphatic carbocycles. The third-order valence-electron chi connectivity index (χ3n) is 5.80. The Bertz CT molecular complexity index is 821. The number of carbonyl (C=O) groups is 4. The first-order chi connectivity index (χ1) is 13.8. The maximum Gasteiger partial charge on any atom is 0.340 e. The van der Waals surface area contributed by atoms with Crippen LogP contribution in [0.3, 0.4) is 0 Å². The molecule has 1 N–H and O–H groups in total. The molecule has 29 heavy (non-hydrogen) atoms. The molecule has 158 valence electrons. The Morgan fingerprint density at radius 2 is 1.83 bits per heavy atom. The number of aromatic amines is 1. The third-order valence-corrected chi connectivity index (χ3v) is 5.80. The highest BCUT2D eigenvalue weighted by molar-refractivity contribution is 6.02. The molecular formula is C21H28N2O6. The number of aryl methyl sites for hydroxylation is 1. The Hall–Kier alpha value is -2.64. The van der Waals surface area contributed by atoms with Crippen molar-refractivity contribution in [2.24, 2.45) is 5.92 Å². The monoisotopic (exact) mass is 404 g/mol. The molecule has 1 aliphatic heterocycles. The van der Waals surface area contributed by atoms with Crippen LogP contribution in [0.1, 0.15) is 71.1 Å². The van der Waals surface area contributed by atoms with Crippen molar-refractivity contribution in [2.75, 3.05) is 19.8 Å². The number of nitrogens with zero attached hydrogens (tertiary/aromatic N) is 1. The van der Waals surface area contributed by atoms with Crippen LogP contribution in [0.15, 0.2) is 0 Å². The van der Waals surface area contributed by atoms with Crippen molar-refractivity contribution in [1.82, 2.24) is 9.88 Å². The summed E-state index contributed by atoms with van der Waals surface area (Å²) in [6.45, 7) is 5.22. The normalized spacial score (nSPS) is 19.6. The van der Waals surface area contributed by atoms with Gasteiger partial charge >= 0.3 is 11.9 Å². The lowest BCUT2D eigenvalue weighted by Gasteiger charge is -2.23. The highest BCUT2D eigenvalue weighted by atomic mass is 16.5. The zero-order valence-corrected chi connectivity index (χ0v) is 17.2. The number of carbonyl (C=O) groups excluding carboxylic acids is 4. The van der Waals surface area contributed by atoms with Crippen molar-refractivity contribution in [3.05, 3.63) is 22.5 Å². The molecule has 3 rings (SSSR count). The summed E-state index contributed by atoms with van der Waals surface area (Å²) in [6.07, 6.45) is 4.33. The van der Waals surface area contributed by atoms with Crippen molar-refractivity contribution in [2.45, 2.75) is 58.9 Å². The van der Waals surface area contributed by atoms with Gasteiger partial charge in [0, 0.05) is 24.7 Å². The first-order valence-corrected chi connectivity index (χ1v) is 10.2. The quantitative estimate of drug-likeness (QED) is 0.552. The number of hydrogen-bond acceptors (Lipinski definition) is 6. The average Bonchev–Trinajstić information content (AvgIpc) is 3.39. The number of Topliss-reactive ketones (excluding diaryl/α,β-unsaturated/α-hetero) is 1. The lowest BCUT2D eigenvalue weighted by molar-refractivity contribution is -0.147. The Balaban J connectivity index is 1.58. The Labute approximate surface area is 169 Å². The van der Waals surface area contributed by atoms with Crippen molar-refractivity contribution in [1.29, 1.82) is 0 Å². The second-order valence-electron chi connectivity index (χ2n) is 7.76. The molecule has 1 amide bonds. The zero-order chi connectivity index (χ0) is 21.1. The molecule has 8 heteroatoms. The highest BCUT2D eigenvalue weighted by Gasteiger charge is 2.39. The first-order valence-electron chi connectivity index (χ1n) is 10.2. The van der Waals surface area contributed by atoms with E-state index in [0.717, 1.165) is 25.7 Å². The van der Waals surface area contributed by atoms with Crippen LogP contribution in [0.5, 0.6) is 0 Å². The number of hydrogen-bond donors (Lipinski definition) is 1. The predicted molar refractivity (Wildman–Crippen MR) is 104 cm³/mol. The smallest absolute Gasteiger partial charge is 0.340 e. The molecule has 2 heterocycles. The summed E-state index contributed by atoms with van der Waals surface area (Å²) in [7, 11) is 0. The van der Waals surface area contributed by atoms with E-state index in [9.17, 15) is 19.2 Å². The summed E-state index contributed by atoms with van der Waals surface area (Å²) in [5.41, 5.74) is 1.57. The van der Waals surface area contributed by atoms with E-state index >= 15 is 0 Å². The largest absolute Gasteiger partial charge is 0.462 e. The van der Waals surface area contributed by atoms with Gasteiger partial charge in [0.25, 0.3) is 0 Å². The fourth-order valence-electron chi connectivity index (χ4n) is 4.32. The van der Waals surface area contributed by atoms with E-state index in [4.69, 9.17) is 9.47 Å². The molecule has 2 aliphatic rings. The predicted octanol–water partition coefficient (Wildman–Crippen LogP) is 2.33. The molecule has 0 bridgehead atoms. The minimum absolute atomic E-state index is 0.0138. The van der Waals surface area contributed by atoms with Crippen molar-refractivity contribution >= 4 is 23.6 Å². The standard InChI is InChI=1S/C21H28N2O6/c1-4-28-21(27)18-12(2)19(22-13(18)3)16(24)11-29-20(26)14-9-17(25)23(10-14)15-7-5-6-8-15/h14-15,22H,4-11H2,1-3H3/t14-/m1/s1. The number of esters is 2. The number of nitrogens with one attached hydrogen (secondary N) is 1. The molecular weight excluding hydrogens is 376 g/mol. The minimum Gasteiger partial charge on any atom is -0.462 e. The lowest BCUT2D eigenvalue weighted by atomic mass is 10.1. The Kier molecular flexibility index (Phi) is 6.39. The van der Waals surface area contributed by atoms with Crippen molar-refractivity contribution in [3.63, 3.8) is 0 Å². The van der Waals surface area contributed by atoms with E-state index in [0.29, 0.717) is 23.4 Å². The van der Waals surface area contributed by atoms with Gasteiger partial charge in [-0.2, -0.15) is 0 Å². The van der Waals surface area contributed by atoms with E-state index < -0.39 is 30.2 Å². The highest BCUT2D eigenvalue weighted by Crippen LogP contribution is 2.30. The number of aromatic nitrogens is 1. The summed E-state index contributed by atoms with van der Waals surface area (Å²) in [4.78, 5) is 53.9. The number of ether oxygens (including phenoxy) is 2. The number of H-pyrrole nitrogens is 1. The van der Waals surface area contributed by atoms with Gasteiger partial charge in [0.2, 0.25) is 11.7 Å². The van der Waals surface area contributed by atoms with Gasteiger partial charge in [0.15, 0.2) is 6.61 Å². The second-order valence-corrected chi connectivity index (χ2v) is 7.76. The van der Waals surface area contributed by atoms with Crippen LogP contribution in [0, 0.1) is 19.8 Å². The molecule has 1 saturated carbocycles. The average molecular weight is 404 g/mol. The fraction of sp³-hybridized carbons (Fsp3) is 0.619. The van der Waals surface area contributed by atoms with Crippen molar-refractivity contribution in [3.8, 4) is 0 Å². The number of likely N-dealkylation sites (tertiary alicyclic amines) is 1. The molecule has 0 spiro atoms. The molecule has 0 aromatic carbocycles. The molecule has 8 nitrogen and oxygen atoms in total. The molecule has 1 saturated heterocycles. The van der Waals surface area contributed by atoms with Gasteiger partial charge in [-0.1, -0.05) is 12.8 Å². The van der Waals surface area contributed by atoms with E-state index in [1.54, 1.807) is 25.7 Å². The number of amides is 1. The molecule has 2 fully saturated rings. The Morgan fingerprint density at radius 3 is 2.48 bits per heavy atom.